The van der Waals surface area contributed by atoms with Crippen molar-refractivity contribution in [2.75, 3.05) is 27.8 Å². The second-order valence-electron chi connectivity index (χ2n) is 4.89. The highest BCUT2D eigenvalue weighted by Crippen LogP contribution is 2.36. The van der Waals surface area contributed by atoms with Gasteiger partial charge in [0, 0.05) is 7.05 Å². The van der Waals surface area contributed by atoms with Gasteiger partial charge in [-0.1, -0.05) is 0 Å². The molecule has 1 aliphatic heterocycles. The number of carbonyl (C=O) groups is 2. The fourth-order valence-corrected chi connectivity index (χ4v) is 2.84. The van der Waals surface area contributed by atoms with Crippen LogP contribution in [0.5, 0.6) is 11.5 Å². The molecule has 1 amide bonds. The summed E-state index contributed by atoms with van der Waals surface area (Å²) in [5.74, 6) is -0.739. The Bertz CT molecular complexity index is 750. The number of hydrogen-bond acceptors (Lipinski definition) is 6. The van der Waals surface area contributed by atoms with Crippen molar-refractivity contribution in [2.24, 2.45) is 0 Å². The Labute approximate surface area is 152 Å². The molecule has 1 heterocycles. The Morgan fingerprint density at radius 2 is 2.08 bits per heavy atom. The Balaban J connectivity index is 2.39. The first kappa shape index (κ1) is 18.2. The smallest absolute Gasteiger partial charge is 0.325 e. The number of likely N-dealkylation sites (N-methyl/N-ethyl adjacent to an activating group) is 1. The highest BCUT2D eigenvalue weighted by atomic mass is 79.9. The minimum atomic E-state index is -0.561. The summed E-state index contributed by atoms with van der Waals surface area (Å²) in [5.41, 5.74) is 0.915. The van der Waals surface area contributed by atoms with Gasteiger partial charge in [0.2, 0.25) is 0 Å². The summed E-state index contributed by atoms with van der Waals surface area (Å²) < 4.78 is 10.1. The molecule has 1 N–H and O–H groups in total. The number of aromatic hydroxyl groups is 1. The van der Waals surface area contributed by atoms with Crippen molar-refractivity contribution >= 4 is 51.2 Å². The topological polar surface area (TPSA) is 79.3 Å². The van der Waals surface area contributed by atoms with Crippen LogP contribution in [0, 0.1) is 0 Å². The van der Waals surface area contributed by atoms with E-state index in [0.29, 0.717) is 15.7 Å². The number of rotatable bonds is 4. The number of hydrogen-bond donors (Lipinski definition) is 1. The number of nitrogens with zero attached hydrogens (tertiary/aromatic N) is 2. The summed E-state index contributed by atoms with van der Waals surface area (Å²) in [6, 6.07) is 3.22. The van der Waals surface area contributed by atoms with Gasteiger partial charge >= 0.3 is 5.97 Å². The van der Waals surface area contributed by atoms with Crippen LogP contribution in [-0.4, -0.2) is 59.7 Å². The average molecular weight is 415 g/mol. The van der Waals surface area contributed by atoms with Gasteiger partial charge in [-0.25, -0.2) is 0 Å². The van der Waals surface area contributed by atoms with Gasteiger partial charge in [0.25, 0.3) is 5.91 Å². The van der Waals surface area contributed by atoms with Crippen molar-refractivity contribution in [3.05, 3.63) is 27.9 Å². The van der Waals surface area contributed by atoms with E-state index in [4.69, 9.17) is 17.0 Å². The molecule has 7 nitrogen and oxygen atoms in total. The fraction of sp³-hybridized carbons (Fsp3) is 0.267. The molecule has 0 aliphatic carbocycles. The van der Waals surface area contributed by atoms with Crippen LogP contribution in [0.1, 0.15) is 5.56 Å². The van der Waals surface area contributed by atoms with Crippen LogP contribution in [0.2, 0.25) is 0 Å². The molecule has 2 rings (SSSR count). The van der Waals surface area contributed by atoms with E-state index < -0.39 is 11.9 Å². The average Bonchev–Trinajstić information content (AvgIpc) is 2.75. The number of phenols is 1. The number of esters is 1. The molecule has 0 aromatic heterocycles. The lowest BCUT2D eigenvalue weighted by Crippen LogP contribution is -2.36. The summed E-state index contributed by atoms with van der Waals surface area (Å²) in [5, 5.41) is 10.1. The molecule has 1 aliphatic rings. The van der Waals surface area contributed by atoms with Crippen LogP contribution in [-0.2, 0) is 14.3 Å². The largest absolute Gasteiger partial charge is 0.503 e. The predicted octanol–water partition coefficient (Wildman–Crippen LogP) is 1.74. The maximum absolute atomic E-state index is 12.5. The molecule has 0 atom stereocenters. The first-order chi connectivity index (χ1) is 11.3. The minimum Gasteiger partial charge on any atom is -0.503 e. The van der Waals surface area contributed by atoms with E-state index in [1.54, 1.807) is 25.3 Å². The molecule has 1 aromatic rings. The third-order valence-electron chi connectivity index (χ3n) is 3.43. The molecule has 0 spiro atoms. The number of ether oxygens (including phenoxy) is 2. The van der Waals surface area contributed by atoms with E-state index in [-0.39, 0.29) is 23.2 Å². The summed E-state index contributed by atoms with van der Waals surface area (Å²) >= 11 is 8.43. The standard InChI is InChI=1S/C15H15BrN2O5S/c1-17-10(14(21)18(15(17)24)7-12(19)23-3)5-8-4-9(16)13(20)11(6-8)22-2/h4-6,20H,7H2,1-3H3/b10-5-. The van der Waals surface area contributed by atoms with Gasteiger partial charge in [0.1, 0.15) is 12.2 Å². The number of benzene rings is 1. The van der Waals surface area contributed by atoms with Gasteiger partial charge in [-0.15, -0.1) is 0 Å². The van der Waals surface area contributed by atoms with Crippen LogP contribution in [0.15, 0.2) is 22.3 Å². The Morgan fingerprint density at radius 3 is 2.67 bits per heavy atom. The van der Waals surface area contributed by atoms with E-state index in [0.717, 1.165) is 0 Å². The zero-order valence-corrected chi connectivity index (χ0v) is 15.6. The van der Waals surface area contributed by atoms with Crippen molar-refractivity contribution in [3.8, 4) is 11.5 Å². The Kier molecular flexibility index (Phi) is 5.45. The SMILES string of the molecule is COC(=O)CN1C(=O)/C(=C/c2cc(Br)c(O)c(OC)c2)N(C)C1=S. The molecule has 1 saturated heterocycles. The summed E-state index contributed by atoms with van der Waals surface area (Å²) in [4.78, 5) is 26.6. The van der Waals surface area contributed by atoms with E-state index in [9.17, 15) is 14.7 Å². The minimum absolute atomic E-state index is 0.0337. The molecule has 1 aromatic carbocycles. The van der Waals surface area contributed by atoms with Crippen LogP contribution >= 0.6 is 28.1 Å². The lowest BCUT2D eigenvalue weighted by Gasteiger charge is -2.14. The molecular weight excluding hydrogens is 400 g/mol. The highest BCUT2D eigenvalue weighted by Gasteiger charge is 2.37. The lowest BCUT2D eigenvalue weighted by molar-refractivity contribution is -0.143. The molecular formula is C15H15BrN2O5S. The fourth-order valence-electron chi connectivity index (χ4n) is 2.13. The van der Waals surface area contributed by atoms with E-state index in [1.807, 2.05) is 0 Å². The van der Waals surface area contributed by atoms with E-state index in [2.05, 4.69) is 20.7 Å². The van der Waals surface area contributed by atoms with Crippen LogP contribution in [0.4, 0.5) is 0 Å². The van der Waals surface area contributed by atoms with E-state index in [1.165, 1.54) is 24.0 Å². The molecule has 9 heteroatoms. The molecule has 128 valence electrons. The Hall–Kier alpha value is -2.13. The highest BCUT2D eigenvalue weighted by molar-refractivity contribution is 9.10. The number of carbonyl (C=O) groups excluding carboxylic acids is 2. The third-order valence-corrected chi connectivity index (χ3v) is 4.53. The number of phenolic OH excluding ortho intramolecular Hbond substituents is 1. The maximum Gasteiger partial charge on any atom is 0.325 e. The first-order valence-corrected chi connectivity index (χ1v) is 7.94. The third kappa shape index (κ3) is 3.36. The van der Waals surface area contributed by atoms with Gasteiger partial charge in [0.15, 0.2) is 16.6 Å². The van der Waals surface area contributed by atoms with Crippen molar-refractivity contribution < 1.29 is 24.2 Å². The van der Waals surface area contributed by atoms with Gasteiger partial charge in [0.05, 0.1) is 18.7 Å². The van der Waals surface area contributed by atoms with Crippen LogP contribution < -0.4 is 4.74 Å². The van der Waals surface area contributed by atoms with E-state index >= 15 is 0 Å². The van der Waals surface area contributed by atoms with Gasteiger partial charge in [-0.05, 0) is 51.9 Å². The maximum atomic E-state index is 12.5. The van der Waals surface area contributed by atoms with Crippen molar-refractivity contribution in [2.45, 2.75) is 0 Å². The van der Waals surface area contributed by atoms with Crippen LogP contribution in [0.25, 0.3) is 6.08 Å². The predicted molar refractivity (Wildman–Crippen MR) is 94.4 cm³/mol. The summed E-state index contributed by atoms with van der Waals surface area (Å²) in [7, 11) is 4.31. The molecule has 0 unspecified atom stereocenters. The van der Waals surface area contributed by atoms with Crippen molar-refractivity contribution in [1.82, 2.24) is 9.80 Å². The first-order valence-electron chi connectivity index (χ1n) is 6.74. The zero-order chi connectivity index (χ0) is 18.0. The van der Waals surface area contributed by atoms with Gasteiger partial charge < -0.3 is 19.5 Å². The molecule has 0 saturated carbocycles. The lowest BCUT2D eigenvalue weighted by atomic mass is 10.1. The quantitative estimate of drug-likeness (QED) is 0.456. The molecule has 1 fully saturated rings. The Morgan fingerprint density at radius 1 is 1.42 bits per heavy atom. The second-order valence-corrected chi connectivity index (χ2v) is 6.11. The molecule has 0 radical (unpaired) electrons. The monoisotopic (exact) mass is 414 g/mol. The number of amides is 1. The van der Waals surface area contributed by atoms with Crippen LogP contribution in [0.3, 0.4) is 0 Å². The van der Waals surface area contributed by atoms with Crippen molar-refractivity contribution in [1.29, 1.82) is 0 Å². The zero-order valence-electron chi connectivity index (χ0n) is 13.2. The number of methoxy groups -OCH3 is 2. The van der Waals surface area contributed by atoms with Gasteiger partial charge in [-0.2, -0.15) is 0 Å². The summed E-state index contributed by atoms with van der Waals surface area (Å²) in [6.45, 7) is -0.252. The normalized spacial score (nSPS) is 16.1. The molecule has 24 heavy (non-hydrogen) atoms. The van der Waals surface area contributed by atoms with Crippen molar-refractivity contribution in [3.63, 3.8) is 0 Å². The molecule has 0 bridgehead atoms. The second kappa shape index (κ2) is 7.18. The number of halogens is 1. The summed E-state index contributed by atoms with van der Waals surface area (Å²) in [6.07, 6.45) is 1.60. The number of thiocarbonyl (C=S) groups is 1. The van der Waals surface area contributed by atoms with Gasteiger partial charge in [-0.3, -0.25) is 14.5 Å².